The van der Waals surface area contributed by atoms with Gasteiger partial charge < -0.3 is 5.32 Å². The van der Waals surface area contributed by atoms with Crippen molar-refractivity contribution in [2.75, 3.05) is 6.54 Å². The normalized spacial score (nSPS) is 12.9. The molecule has 1 aliphatic rings. The number of nitro groups is 1. The molecule has 0 atom stereocenters. The first-order valence-corrected chi connectivity index (χ1v) is 7.90. The molecule has 2 aromatic rings. The van der Waals surface area contributed by atoms with Gasteiger partial charge in [-0.15, -0.1) is 0 Å². The van der Waals surface area contributed by atoms with Crippen molar-refractivity contribution in [1.29, 1.82) is 0 Å². The van der Waals surface area contributed by atoms with Crippen molar-refractivity contribution in [1.82, 2.24) is 10.2 Å². The summed E-state index contributed by atoms with van der Waals surface area (Å²) in [5.74, 6) is -1.92. The molecular formula is C17H12ClN3O5. The molecule has 0 unspecified atom stereocenters. The first-order chi connectivity index (χ1) is 12.4. The fourth-order valence-electron chi connectivity index (χ4n) is 2.58. The molecule has 3 amide bonds. The van der Waals surface area contributed by atoms with Gasteiger partial charge >= 0.3 is 0 Å². The highest BCUT2D eigenvalue weighted by molar-refractivity contribution is 6.30. The van der Waals surface area contributed by atoms with Crippen LogP contribution in [0.4, 0.5) is 5.69 Å². The average Bonchev–Trinajstić information content (AvgIpc) is 2.84. The number of non-ortho nitro benzene ring substituents is 1. The van der Waals surface area contributed by atoms with E-state index < -0.39 is 29.2 Å². The van der Waals surface area contributed by atoms with Crippen LogP contribution < -0.4 is 5.32 Å². The van der Waals surface area contributed by atoms with Crippen LogP contribution in [0.2, 0.25) is 5.02 Å². The fourth-order valence-corrected chi connectivity index (χ4v) is 2.80. The fraction of sp³-hybridized carbons (Fsp3) is 0.118. The zero-order valence-corrected chi connectivity index (χ0v) is 14.0. The first kappa shape index (κ1) is 17.6. The van der Waals surface area contributed by atoms with Crippen LogP contribution in [-0.2, 0) is 11.3 Å². The molecule has 0 fully saturated rings. The van der Waals surface area contributed by atoms with Gasteiger partial charge in [0.2, 0.25) is 5.91 Å². The lowest BCUT2D eigenvalue weighted by Gasteiger charge is -2.13. The number of halogens is 1. The highest BCUT2D eigenvalue weighted by Gasteiger charge is 2.37. The summed E-state index contributed by atoms with van der Waals surface area (Å²) in [5, 5.41) is 13.9. The maximum atomic E-state index is 12.3. The van der Waals surface area contributed by atoms with Gasteiger partial charge in [-0.1, -0.05) is 23.7 Å². The predicted octanol–water partition coefficient (Wildman–Crippen LogP) is 2.16. The van der Waals surface area contributed by atoms with Crippen molar-refractivity contribution in [3.05, 3.63) is 74.3 Å². The van der Waals surface area contributed by atoms with E-state index in [9.17, 15) is 24.5 Å². The van der Waals surface area contributed by atoms with Crippen molar-refractivity contribution in [3.63, 3.8) is 0 Å². The van der Waals surface area contributed by atoms with Crippen LogP contribution in [0.5, 0.6) is 0 Å². The molecule has 0 spiro atoms. The van der Waals surface area contributed by atoms with Gasteiger partial charge in [0.1, 0.15) is 6.54 Å². The molecule has 0 radical (unpaired) electrons. The maximum absolute atomic E-state index is 12.3. The molecule has 0 aromatic heterocycles. The lowest BCUT2D eigenvalue weighted by Crippen LogP contribution is -2.40. The topological polar surface area (TPSA) is 110 Å². The van der Waals surface area contributed by atoms with E-state index in [2.05, 4.69) is 5.32 Å². The third-order valence-corrected chi connectivity index (χ3v) is 4.08. The number of imide groups is 1. The van der Waals surface area contributed by atoms with Gasteiger partial charge in [-0.3, -0.25) is 29.4 Å². The first-order valence-electron chi connectivity index (χ1n) is 7.52. The van der Waals surface area contributed by atoms with E-state index in [1.54, 1.807) is 24.3 Å². The molecule has 0 aliphatic carbocycles. The summed E-state index contributed by atoms with van der Waals surface area (Å²) < 4.78 is 0. The molecule has 0 bridgehead atoms. The number of rotatable bonds is 5. The zero-order valence-electron chi connectivity index (χ0n) is 13.3. The smallest absolute Gasteiger partial charge is 0.270 e. The van der Waals surface area contributed by atoms with E-state index in [1.165, 1.54) is 6.07 Å². The van der Waals surface area contributed by atoms with Crippen molar-refractivity contribution in [2.45, 2.75) is 6.54 Å². The minimum Gasteiger partial charge on any atom is -0.350 e. The molecule has 26 heavy (non-hydrogen) atoms. The minimum absolute atomic E-state index is 0.0447. The minimum atomic E-state index is -0.730. The summed E-state index contributed by atoms with van der Waals surface area (Å²) in [6, 6.07) is 10.3. The molecule has 8 nitrogen and oxygen atoms in total. The second-order valence-corrected chi connectivity index (χ2v) is 6.03. The van der Waals surface area contributed by atoms with Crippen LogP contribution in [0, 0.1) is 10.1 Å². The van der Waals surface area contributed by atoms with E-state index in [-0.39, 0.29) is 23.4 Å². The monoisotopic (exact) mass is 373 g/mol. The Hall–Kier alpha value is -3.26. The number of hydrogen-bond acceptors (Lipinski definition) is 5. The number of nitrogens with one attached hydrogen (secondary N) is 1. The van der Waals surface area contributed by atoms with Crippen LogP contribution in [0.15, 0.2) is 42.5 Å². The van der Waals surface area contributed by atoms with Gasteiger partial charge in [0.15, 0.2) is 0 Å². The molecule has 1 N–H and O–H groups in total. The molecule has 3 rings (SSSR count). The lowest BCUT2D eigenvalue weighted by atomic mass is 10.1. The second-order valence-electron chi connectivity index (χ2n) is 5.59. The van der Waals surface area contributed by atoms with Crippen LogP contribution in [0.1, 0.15) is 26.3 Å². The number of nitrogens with zero attached hydrogens (tertiary/aromatic N) is 2. The summed E-state index contributed by atoms with van der Waals surface area (Å²) >= 11 is 5.86. The van der Waals surface area contributed by atoms with Gasteiger partial charge in [-0.05, 0) is 23.8 Å². The molecule has 9 heteroatoms. The zero-order chi connectivity index (χ0) is 18.8. The van der Waals surface area contributed by atoms with Crippen LogP contribution in [0.3, 0.4) is 0 Å². The summed E-state index contributed by atoms with van der Waals surface area (Å²) in [5.41, 5.74) is 0.441. The summed E-state index contributed by atoms with van der Waals surface area (Å²) in [6.45, 7) is -0.283. The molecule has 1 aliphatic heterocycles. The molecular weight excluding hydrogens is 362 g/mol. The Kier molecular flexibility index (Phi) is 4.68. The number of amides is 3. The Bertz CT molecular complexity index is 944. The van der Waals surface area contributed by atoms with Gasteiger partial charge in [-0.25, -0.2) is 0 Å². The number of carbonyl (C=O) groups is 3. The molecule has 2 aromatic carbocycles. The Balaban J connectivity index is 1.68. The van der Waals surface area contributed by atoms with Crippen molar-refractivity contribution < 1.29 is 19.3 Å². The van der Waals surface area contributed by atoms with Gasteiger partial charge in [-0.2, -0.15) is 0 Å². The van der Waals surface area contributed by atoms with Crippen LogP contribution in [0.25, 0.3) is 0 Å². The number of hydrogen-bond donors (Lipinski definition) is 1. The third-order valence-electron chi connectivity index (χ3n) is 3.85. The van der Waals surface area contributed by atoms with Crippen molar-refractivity contribution >= 4 is 35.0 Å². The molecule has 0 saturated carbocycles. The van der Waals surface area contributed by atoms with Gasteiger partial charge in [0, 0.05) is 23.7 Å². The Labute approximate surface area is 152 Å². The number of carbonyl (C=O) groups excluding carboxylic acids is 3. The SMILES string of the molecule is O=C(CN1C(=O)c2ccc([N+](=O)[O-])cc2C1=O)NCc1cccc(Cl)c1. The van der Waals surface area contributed by atoms with Gasteiger partial charge in [0.25, 0.3) is 17.5 Å². The number of fused-ring (bicyclic) bond motifs is 1. The van der Waals surface area contributed by atoms with E-state index in [4.69, 9.17) is 11.6 Å². The Morgan fingerprint density at radius 3 is 2.54 bits per heavy atom. The standard InChI is InChI=1S/C17H12ClN3O5/c18-11-3-1-2-10(6-11)8-19-15(22)9-20-16(23)13-5-4-12(21(25)26)7-14(13)17(20)24/h1-7H,8-9H2,(H,19,22). The lowest BCUT2D eigenvalue weighted by molar-refractivity contribution is -0.384. The quantitative estimate of drug-likeness (QED) is 0.490. The molecule has 1 heterocycles. The van der Waals surface area contributed by atoms with Crippen molar-refractivity contribution in [3.8, 4) is 0 Å². The van der Waals surface area contributed by atoms with Crippen LogP contribution in [-0.4, -0.2) is 34.1 Å². The highest BCUT2D eigenvalue weighted by atomic mass is 35.5. The largest absolute Gasteiger partial charge is 0.350 e. The average molecular weight is 374 g/mol. The van der Waals surface area contributed by atoms with Crippen molar-refractivity contribution in [2.24, 2.45) is 0 Å². The number of nitro benzene ring substituents is 1. The maximum Gasteiger partial charge on any atom is 0.270 e. The van der Waals surface area contributed by atoms with E-state index in [0.29, 0.717) is 5.02 Å². The summed E-state index contributed by atoms with van der Waals surface area (Å²) in [6.07, 6.45) is 0. The summed E-state index contributed by atoms with van der Waals surface area (Å²) in [4.78, 5) is 47.6. The highest BCUT2D eigenvalue weighted by Crippen LogP contribution is 2.26. The number of benzene rings is 2. The summed E-state index contributed by atoms with van der Waals surface area (Å²) in [7, 11) is 0. The molecule has 0 saturated heterocycles. The van der Waals surface area contributed by atoms with Gasteiger partial charge in [0.05, 0.1) is 16.1 Å². The second kappa shape index (κ2) is 6.93. The van der Waals surface area contributed by atoms with E-state index in [0.717, 1.165) is 22.6 Å². The van der Waals surface area contributed by atoms with E-state index in [1.807, 2.05) is 0 Å². The van der Waals surface area contributed by atoms with Crippen LogP contribution >= 0.6 is 11.6 Å². The van der Waals surface area contributed by atoms with E-state index >= 15 is 0 Å². The predicted molar refractivity (Wildman–Crippen MR) is 91.8 cm³/mol. The Morgan fingerprint density at radius 1 is 1.12 bits per heavy atom. The third kappa shape index (κ3) is 3.40. The Morgan fingerprint density at radius 2 is 1.85 bits per heavy atom. The molecule has 132 valence electrons.